The quantitative estimate of drug-likeness (QED) is 0.844. The van der Waals surface area contributed by atoms with Gasteiger partial charge < -0.3 is 10.6 Å². The van der Waals surface area contributed by atoms with Gasteiger partial charge in [-0.05, 0) is 19.1 Å². The number of amides is 1. The zero-order chi connectivity index (χ0) is 13.0. The molecule has 98 valence electrons. The third-order valence-corrected chi connectivity index (χ3v) is 3.13. The number of anilines is 1. The fourth-order valence-corrected chi connectivity index (χ4v) is 2.05. The van der Waals surface area contributed by atoms with Gasteiger partial charge in [-0.1, -0.05) is 12.1 Å². The van der Waals surface area contributed by atoms with Crippen molar-refractivity contribution < 1.29 is 9.18 Å². The summed E-state index contributed by atoms with van der Waals surface area (Å²) in [6.45, 7) is 4.98. The van der Waals surface area contributed by atoms with Crippen molar-refractivity contribution in [3.63, 3.8) is 0 Å². The molecule has 18 heavy (non-hydrogen) atoms. The monoisotopic (exact) mass is 251 g/mol. The Morgan fingerprint density at radius 2 is 2.33 bits per heavy atom. The maximum atomic E-state index is 13.4. The molecule has 1 fully saturated rings. The Hall–Kier alpha value is -1.46. The van der Waals surface area contributed by atoms with Crippen LogP contribution in [0.15, 0.2) is 24.3 Å². The summed E-state index contributed by atoms with van der Waals surface area (Å²) in [6.07, 6.45) is 0. The zero-order valence-corrected chi connectivity index (χ0v) is 10.4. The molecule has 0 aromatic heterocycles. The zero-order valence-electron chi connectivity index (χ0n) is 10.4. The van der Waals surface area contributed by atoms with Crippen LogP contribution in [0.2, 0.25) is 0 Å². The number of para-hydroxylation sites is 1. The molecule has 1 heterocycles. The lowest BCUT2D eigenvalue weighted by atomic mass is 10.2. The molecule has 1 saturated heterocycles. The second-order valence-corrected chi connectivity index (χ2v) is 4.55. The van der Waals surface area contributed by atoms with Gasteiger partial charge in [-0.15, -0.1) is 0 Å². The molecule has 0 spiro atoms. The van der Waals surface area contributed by atoms with Gasteiger partial charge in [0.25, 0.3) is 0 Å². The molecular formula is C13H18FN3O. The van der Waals surface area contributed by atoms with Gasteiger partial charge in [-0.3, -0.25) is 9.69 Å². The number of carbonyl (C=O) groups is 1. The topological polar surface area (TPSA) is 44.4 Å². The minimum Gasteiger partial charge on any atom is -0.322 e. The summed E-state index contributed by atoms with van der Waals surface area (Å²) in [7, 11) is 0. The van der Waals surface area contributed by atoms with Crippen LogP contribution >= 0.6 is 0 Å². The van der Waals surface area contributed by atoms with Crippen LogP contribution in [0.25, 0.3) is 0 Å². The van der Waals surface area contributed by atoms with Gasteiger partial charge in [-0.25, -0.2) is 4.39 Å². The minimum atomic E-state index is -0.404. The summed E-state index contributed by atoms with van der Waals surface area (Å²) in [5, 5.41) is 5.87. The first-order valence-corrected chi connectivity index (χ1v) is 6.16. The molecule has 1 aliphatic rings. The first kappa shape index (κ1) is 13.0. The van der Waals surface area contributed by atoms with Crippen molar-refractivity contribution in [3.8, 4) is 0 Å². The van der Waals surface area contributed by atoms with Crippen molar-refractivity contribution in [2.75, 3.05) is 31.5 Å². The number of nitrogens with zero attached hydrogens (tertiary/aromatic N) is 1. The van der Waals surface area contributed by atoms with Gasteiger partial charge in [-0.2, -0.15) is 0 Å². The van der Waals surface area contributed by atoms with E-state index in [0.29, 0.717) is 12.6 Å². The van der Waals surface area contributed by atoms with E-state index in [4.69, 9.17) is 0 Å². The number of carbonyl (C=O) groups excluding carboxylic acids is 1. The van der Waals surface area contributed by atoms with E-state index in [1.165, 1.54) is 6.07 Å². The third kappa shape index (κ3) is 3.27. The van der Waals surface area contributed by atoms with E-state index >= 15 is 0 Å². The Balaban J connectivity index is 1.90. The Morgan fingerprint density at radius 1 is 1.56 bits per heavy atom. The Labute approximate surface area is 106 Å². The normalized spacial score (nSPS) is 20.7. The maximum Gasteiger partial charge on any atom is 0.238 e. The van der Waals surface area contributed by atoms with Crippen LogP contribution in [0.5, 0.6) is 0 Å². The summed E-state index contributed by atoms with van der Waals surface area (Å²) < 4.78 is 13.4. The first-order chi connectivity index (χ1) is 8.66. The molecule has 0 bridgehead atoms. The van der Waals surface area contributed by atoms with E-state index < -0.39 is 5.82 Å². The molecule has 1 unspecified atom stereocenters. The maximum absolute atomic E-state index is 13.4. The summed E-state index contributed by atoms with van der Waals surface area (Å²) >= 11 is 0. The van der Waals surface area contributed by atoms with Crippen molar-refractivity contribution in [1.29, 1.82) is 0 Å². The van der Waals surface area contributed by atoms with Crippen LogP contribution in [0.4, 0.5) is 10.1 Å². The molecular weight excluding hydrogens is 233 g/mol. The average molecular weight is 251 g/mol. The fraction of sp³-hybridized carbons (Fsp3) is 0.462. The van der Waals surface area contributed by atoms with Gasteiger partial charge in [0.05, 0.1) is 12.2 Å². The number of benzene rings is 1. The molecule has 1 amide bonds. The molecule has 2 rings (SSSR count). The van der Waals surface area contributed by atoms with E-state index in [2.05, 4.69) is 22.5 Å². The van der Waals surface area contributed by atoms with Crippen LogP contribution in [0.1, 0.15) is 6.92 Å². The molecule has 1 aromatic carbocycles. The Bertz CT molecular complexity index is 424. The van der Waals surface area contributed by atoms with Crippen LogP contribution in [-0.4, -0.2) is 43.0 Å². The third-order valence-electron chi connectivity index (χ3n) is 3.13. The van der Waals surface area contributed by atoms with Crippen LogP contribution < -0.4 is 10.6 Å². The number of hydrogen-bond donors (Lipinski definition) is 2. The highest BCUT2D eigenvalue weighted by molar-refractivity contribution is 5.92. The fourth-order valence-electron chi connectivity index (χ4n) is 2.05. The SMILES string of the molecule is CC1CNCCN1CC(=O)Nc1ccccc1F. The standard InChI is InChI=1S/C13H18FN3O/c1-10-8-15-6-7-17(10)9-13(18)16-12-5-3-2-4-11(12)14/h2-5,10,15H,6-9H2,1H3,(H,16,18). The van der Waals surface area contributed by atoms with Gasteiger partial charge in [0.15, 0.2) is 0 Å². The molecule has 0 aliphatic carbocycles. The lowest BCUT2D eigenvalue weighted by molar-refractivity contribution is -0.118. The molecule has 1 aliphatic heterocycles. The molecule has 1 atom stereocenters. The Kier molecular flexibility index (Phi) is 4.28. The molecule has 4 nitrogen and oxygen atoms in total. The highest BCUT2D eigenvalue weighted by Gasteiger charge is 2.20. The van der Waals surface area contributed by atoms with Crippen LogP contribution in [0, 0.1) is 5.82 Å². The Morgan fingerprint density at radius 3 is 3.06 bits per heavy atom. The lowest BCUT2D eigenvalue weighted by Gasteiger charge is -2.33. The number of nitrogens with one attached hydrogen (secondary N) is 2. The van der Waals surface area contributed by atoms with Gasteiger partial charge in [0, 0.05) is 25.7 Å². The molecule has 0 radical (unpaired) electrons. The van der Waals surface area contributed by atoms with Gasteiger partial charge in [0.1, 0.15) is 5.82 Å². The highest BCUT2D eigenvalue weighted by atomic mass is 19.1. The molecule has 1 aromatic rings. The number of halogens is 1. The van der Waals surface area contributed by atoms with Crippen LogP contribution in [-0.2, 0) is 4.79 Å². The van der Waals surface area contributed by atoms with E-state index in [1.807, 2.05) is 0 Å². The van der Waals surface area contributed by atoms with Crippen molar-refractivity contribution in [2.24, 2.45) is 0 Å². The predicted octanol–water partition coefficient (Wildman–Crippen LogP) is 1.06. The number of rotatable bonds is 3. The number of piperazine rings is 1. The van der Waals surface area contributed by atoms with Crippen molar-refractivity contribution in [2.45, 2.75) is 13.0 Å². The van der Waals surface area contributed by atoms with Crippen molar-refractivity contribution >= 4 is 11.6 Å². The average Bonchev–Trinajstić information content (AvgIpc) is 2.35. The predicted molar refractivity (Wildman–Crippen MR) is 68.9 cm³/mol. The largest absolute Gasteiger partial charge is 0.322 e. The van der Waals surface area contributed by atoms with Gasteiger partial charge in [0.2, 0.25) is 5.91 Å². The number of hydrogen-bond acceptors (Lipinski definition) is 3. The molecule has 5 heteroatoms. The molecule has 2 N–H and O–H groups in total. The lowest BCUT2D eigenvalue weighted by Crippen LogP contribution is -2.52. The van der Waals surface area contributed by atoms with E-state index in [1.54, 1.807) is 18.2 Å². The second-order valence-electron chi connectivity index (χ2n) is 4.55. The summed E-state index contributed by atoms with van der Waals surface area (Å²) in [4.78, 5) is 13.9. The van der Waals surface area contributed by atoms with E-state index in [9.17, 15) is 9.18 Å². The van der Waals surface area contributed by atoms with Crippen molar-refractivity contribution in [3.05, 3.63) is 30.1 Å². The summed E-state index contributed by atoms with van der Waals surface area (Å²) in [5.74, 6) is -0.576. The van der Waals surface area contributed by atoms with Gasteiger partial charge >= 0.3 is 0 Å². The smallest absolute Gasteiger partial charge is 0.238 e. The second kappa shape index (κ2) is 5.93. The van der Waals surface area contributed by atoms with E-state index in [0.717, 1.165) is 19.6 Å². The van der Waals surface area contributed by atoms with Crippen LogP contribution in [0.3, 0.4) is 0 Å². The first-order valence-electron chi connectivity index (χ1n) is 6.16. The summed E-state index contributed by atoms with van der Waals surface area (Å²) in [6, 6.07) is 6.53. The van der Waals surface area contributed by atoms with Crippen molar-refractivity contribution in [1.82, 2.24) is 10.2 Å². The summed E-state index contributed by atoms with van der Waals surface area (Å²) in [5.41, 5.74) is 0.241. The highest BCUT2D eigenvalue weighted by Crippen LogP contribution is 2.12. The minimum absolute atomic E-state index is 0.172. The molecule has 0 saturated carbocycles. The van der Waals surface area contributed by atoms with E-state index in [-0.39, 0.29) is 11.6 Å².